The van der Waals surface area contributed by atoms with Gasteiger partial charge < -0.3 is 14.2 Å². The number of nitrogens with one attached hydrogen (secondary N) is 1. The molecule has 36 heavy (non-hydrogen) atoms. The number of hydrogen-bond acceptors (Lipinski definition) is 4. The molecule has 7 nitrogen and oxygen atoms in total. The highest BCUT2D eigenvalue weighted by Crippen LogP contribution is 2.27. The van der Waals surface area contributed by atoms with Crippen molar-refractivity contribution < 1.29 is 9.50 Å². The molecule has 0 aliphatic heterocycles. The van der Waals surface area contributed by atoms with E-state index in [0.717, 1.165) is 11.1 Å². The first-order valence-electron chi connectivity index (χ1n) is 11.0. The van der Waals surface area contributed by atoms with Crippen LogP contribution in [0, 0.1) is 11.2 Å². The number of hydrogen-bond donors (Lipinski definition) is 2. The number of aliphatic hydroxyl groups excluding tert-OH is 1. The molecule has 2 N–H and O–H groups in total. The van der Waals surface area contributed by atoms with Crippen LogP contribution in [-0.2, 0) is 19.6 Å². The zero-order valence-corrected chi connectivity index (χ0v) is 21.0. The predicted octanol–water partition coefficient (Wildman–Crippen LogP) is 5.44. The number of rotatable bonds is 7. The van der Waals surface area contributed by atoms with Crippen molar-refractivity contribution in [2.75, 3.05) is 0 Å². The van der Waals surface area contributed by atoms with Gasteiger partial charge in [-0.05, 0) is 53.6 Å². The van der Waals surface area contributed by atoms with Crippen LogP contribution in [0.2, 0.25) is 15.1 Å². The standard InChI is InChI=1S/C25H20Cl3FN6O/c26-17-5-7-22-23(10-17)34(13-19-12-33(32-31-19)11-15-2-1-3-18(29)8-15)25(30)35(22)14-24(36)16-4-6-20(27)21(28)9-16/h1-10,12,24,30,36H,11,13-14H2. The van der Waals surface area contributed by atoms with Gasteiger partial charge in [0.15, 0.2) is 0 Å². The molecule has 5 aromatic rings. The number of aromatic nitrogens is 5. The lowest BCUT2D eigenvalue weighted by Gasteiger charge is -2.13. The van der Waals surface area contributed by atoms with Gasteiger partial charge in [-0.15, -0.1) is 5.10 Å². The van der Waals surface area contributed by atoms with Crippen LogP contribution in [0.3, 0.4) is 0 Å². The van der Waals surface area contributed by atoms with E-state index in [-0.39, 0.29) is 24.5 Å². The molecule has 0 aliphatic carbocycles. The molecule has 0 saturated carbocycles. The minimum atomic E-state index is -0.921. The smallest absolute Gasteiger partial charge is 0.203 e. The van der Waals surface area contributed by atoms with Gasteiger partial charge in [0.2, 0.25) is 5.62 Å². The van der Waals surface area contributed by atoms with Crippen LogP contribution >= 0.6 is 34.8 Å². The molecule has 0 fully saturated rings. The second-order valence-corrected chi connectivity index (χ2v) is 9.63. The average molecular weight is 546 g/mol. The SMILES string of the molecule is N=c1n(Cc2cn(Cc3cccc(F)c3)nn2)c2cc(Cl)ccc2n1CC(O)c1ccc(Cl)c(Cl)c1. The Balaban J connectivity index is 1.45. The third-order valence-corrected chi connectivity index (χ3v) is 6.83. The van der Waals surface area contributed by atoms with Crippen molar-refractivity contribution in [3.05, 3.63) is 110 Å². The largest absolute Gasteiger partial charge is 0.387 e. The first kappa shape index (κ1) is 24.5. The van der Waals surface area contributed by atoms with Gasteiger partial charge in [-0.3, -0.25) is 5.41 Å². The highest BCUT2D eigenvalue weighted by molar-refractivity contribution is 6.42. The fraction of sp³-hybridized carbons (Fsp3) is 0.160. The highest BCUT2D eigenvalue weighted by atomic mass is 35.5. The van der Waals surface area contributed by atoms with E-state index < -0.39 is 6.10 Å². The maximum atomic E-state index is 13.5. The molecule has 0 amide bonds. The van der Waals surface area contributed by atoms with Crippen LogP contribution in [0.25, 0.3) is 11.0 Å². The molecule has 0 radical (unpaired) electrons. The summed E-state index contributed by atoms with van der Waals surface area (Å²) in [6, 6.07) is 16.6. The Morgan fingerprint density at radius 3 is 2.53 bits per heavy atom. The molecule has 0 bridgehead atoms. The number of benzene rings is 3. The van der Waals surface area contributed by atoms with E-state index in [1.807, 2.05) is 12.1 Å². The Hall–Kier alpha value is -3.17. The van der Waals surface area contributed by atoms with Crippen LogP contribution < -0.4 is 5.62 Å². The molecule has 1 atom stereocenters. The summed E-state index contributed by atoms with van der Waals surface area (Å²) in [5, 5.41) is 29.4. The number of halogens is 4. The second kappa shape index (κ2) is 10.1. The Morgan fingerprint density at radius 2 is 1.75 bits per heavy atom. The topological polar surface area (TPSA) is 84.7 Å². The van der Waals surface area contributed by atoms with Crippen molar-refractivity contribution in [2.45, 2.75) is 25.7 Å². The molecule has 5 rings (SSSR count). The molecule has 184 valence electrons. The Bertz CT molecular complexity index is 1630. The third-order valence-electron chi connectivity index (χ3n) is 5.85. The van der Waals surface area contributed by atoms with E-state index in [2.05, 4.69) is 10.3 Å². The fourth-order valence-electron chi connectivity index (χ4n) is 4.13. The van der Waals surface area contributed by atoms with Crippen molar-refractivity contribution in [2.24, 2.45) is 0 Å². The lowest BCUT2D eigenvalue weighted by molar-refractivity contribution is 0.155. The van der Waals surface area contributed by atoms with Crippen molar-refractivity contribution in [1.82, 2.24) is 24.1 Å². The van der Waals surface area contributed by atoms with Gasteiger partial charge in [-0.25, -0.2) is 9.07 Å². The van der Waals surface area contributed by atoms with Gasteiger partial charge in [-0.1, -0.05) is 58.2 Å². The Labute approximate surface area is 220 Å². The summed E-state index contributed by atoms with van der Waals surface area (Å²) in [6.07, 6.45) is 0.839. The molecule has 1 unspecified atom stereocenters. The lowest BCUT2D eigenvalue weighted by atomic mass is 10.1. The van der Waals surface area contributed by atoms with E-state index in [1.165, 1.54) is 12.1 Å². The molecule has 0 aliphatic rings. The van der Waals surface area contributed by atoms with Crippen LogP contribution in [0.1, 0.15) is 22.9 Å². The minimum Gasteiger partial charge on any atom is -0.387 e. The van der Waals surface area contributed by atoms with Gasteiger partial charge in [0.25, 0.3) is 0 Å². The van der Waals surface area contributed by atoms with Gasteiger partial charge in [0.1, 0.15) is 11.5 Å². The lowest BCUT2D eigenvalue weighted by Crippen LogP contribution is -2.27. The summed E-state index contributed by atoms with van der Waals surface area (Å²) < 4.78 is 18.6. The van der Waals surface area contributed by atoms with E-state index in [0.29, 0.717) is 38.4 Å². The summed E-state index contributed by atoms with van der Waals surface area (Å²) in [6.45, 7) is 0.746. The van der Waals surface area contributed by atoms with Gasteiger partial charge in [0.05, 0.1) is 53.0 Å². The zero-order chi connectivity index (χ0) is 25.4. The molecule has 2 heterocycles. The summed E-state index contributed by atoms with van der Waals surface area (Å²) in [4.78, 5) is 0. The Morgan fingerprint density at radius 1 is 0.917 bits per heavy atom. The van der Waals surface area contributed by atoms with Crippen molar-refractivity contribution in [1.29, 1.82) is 5.41 Å². The second-order valence-electron chi connectivity index (χ2n) is 8.38. The van der Waals surface area contributed by atoms with Gasteiger partial charge in [0, 0.05) is 5.02 Å². The van der Waals surface area contributed by atoms with Crippen LogP contribution in [0.4, 0.5) is 4.39 Å². The molecular weight excluding hydrogens is 526 g/mol. The summed E-state index contributed by atoms with van der Waals surface area (Å²) in [5.74, 6) is -0.310. The van der Waals surface area contributed by atoms with E-state index in [9.17, 15) is 9.50 Å². The summed E-state index contributed by atoms with van der Waals surface area (Å²) in [7, 11) is 0. The first-order valence-corrected chi connectivity index (χ1v) is 12.1. The maximum absolute atomic E-state index is 13.5. The fourth-order valence-corrected chi connectivity index (χ4v) is 4.60. The quantitative estimate of drug-likeness (QED) is 0.285. The highest BCUT2D eigenvalue weighted by Gasteiger charge is 2.18. The van der Waals surface area contributed by atoms with Crippen LogP contribution in [0.5, 0.6) is 0 Å². The normalized spacial score (nSPS) is 12.4. The van der Waals surface area contributed by atoms with Crippen LogP contribution in [-0.4, -0.2) is 29.2 Å². The monoisotopic (exact) mass is 544 g/mol. The first-order chi connectivity index (χ1) is 17.3. The van der Waals surface area contributed by atoms with Crippen molar-refractivity contribution in [3.8, 4) is 0 Å². The van der Waals surface area contributed by atoms with E-state index >= 15 is 0 Å². The number of imidazole rings is 1. The molecule has 11 heteroatoms. The van der Waals surface area contributed by atoms with E-state index in [1.54, 1.807) is 56.4 Å². The number of nitrogens with zero attached hydrogens (tertiary/aromatic N) is 5. The number of aliphatic hydroxyl groups is 1. The molecule has 0 saturated heterocycles. The zero-order valence-electron chi connectivity index (χ0n) is 18.7. The van der Waals surface area contributed by atoms with E-state index in [4.69, 9.17) is 40.2 Å². The third kappa shape index (κ3) is 5.03. The minimum absolute atomic E-state index is 0.119. The van der Waals surface area contributed by atoms with Crippen molar-refractivity contribution in [3.63, 3.8) is 0 Å². The van der Waals surface area contributed by atoms with Crippen LogP contribution in [0.15, 0.2) is 66.9 Å². The molecular formula is C25H20Cl3FN6O. The number of fused-ring (bicyclic) bond motifs is 1. The maximum Gasteiger partial charge on any atom is 0.203 e. The summed E-state index contributed by atoms with van der Waals surface area (Å²) in [5.41, 5.74) is 3.58. The Kier molecular flexibility index (Phi) is 6.85. The van der Waals surface area contributed by atoms with Gasteiger partial charge >= 0.3 is 0 Å². The predicted molar refractivity (Wildman–Crippen MR) is 137 cm³/mol. The molecule has 2 aromatic heterocycles. The van der Waals surface area contributed by atoms with Crippen molar-refractivity contribution >= 4 is 45.8 Å². The van der Waals surface area contributed by atoms with Gasteiger partial charge in [-0.2, -0.15) is 0 Å². The molecule has 0 spiro atoms. The average Bonchev–Trinajstić information content (AvgIpc) is 3.38. The molecule has 3 aromatic carbocycles. The summed E-state index contributed by atoms with van der Waals surface area (Å²) >= 11 is 18.4.